The quantitative estimate of drug-likeness (QED) is 0.617. The fourth-order valence-corrected chi connectivity index (χ4v) is 8.25. The van der Waals surface area contributed by atoms with E-state index in [1.807, 2.05) is 0 Å². The average molecular weight is 287 g/mol. The Labute approximate surface area is 133 Å². The molecule has 0 aliphatic heterocycles. The van der Waals surface area contributed by atoms with Gasteiger partial charge in [0.05, 0.1) is 0 Å². The van der Waals surface area contributed by atoms with Gasteiger partial charge in [-0.1, -0.05) is 66.2 Å². The van der Waals surface area contributed by atoms with Crippen molar-refractivity contribution in [2.45, 2.75) is 78.9 Å². The molecule has 0 heterocycles. The summed E-state index contributed by atoms with van der Waals surface area (Å²) in [5.74, 6) is 8.73. The van der Waals surface area contributed by atoms with Crippen molar-refractivity contribution in [3.8, 4) is 0 Å². The van der Waals surface area contributed by atoms with E-state index >= 15 is 0 Å². The van der Waals surface area contributed by atoms with E-state index in [-0.39, 0.29) is 7.28 Å². The predicted octanol–water partition coefficient (Wildman–Crippen LogP) is 5.14. The minimum Gasteiger partial charge on any atom is -0.169 e. The molecule has 0 aromatic heterocycles. The van der Waals surface area contributed by atoms with Crippen molar-refractivity contribution in [3.05, 3.63) is 0 Å². The topological polar surface area (TPSA) is 0 Å². The van der Waals surface area contributed by atoms with Crippen LogP contribution in [-0.4, -0.2) is 7.28 Å². The number of rotatable bonds is 2. The van der Waals surface area contributed by atoms with Crippen molar-refractivity contribution in [2.24, 2.45) is 46.3 Å². The van der Waals surface area contributed by atoms with E-state index < -0.39 is 0 Å². The second-order valence-corrected chi connectivity index (χ2v) is 11.2. The maximum Gasteiger partial charge on any atom is -0.0254 e. The summed E-state index contributed by atoms with van der Waals surface area (Å²) < 4.78 is 0. The van der Waals surface area contributed by atoms with Crippen LogP contribution >= 0.6 is 0 Å². The van der Waals surface area contributed by atoms with E-state index in [1.54, 1.807) is 25.7 Å². The third-order valence-corrected chi connectivity index (χ3v) is 10.3. The number of hydrogen-bond acceptors (Lipinski definition) is 0. The minimum atomic E-state index is 0.269. The van der Waals surface area contributed by atoms with Gasteiger partial charge in [-0.05, 0) is 54.6 Å². The molecule has 6 saturated carbocycles. The summed E-state index contributed by atoms with van der Waals surface area (Å²) in [6.07, 6.45) is 6.34. The van der Waals surface area contributed by atoms with Crippen LogP contribution in [-0.2, 0) is 0 Å². The van der Waals surface area contributed by atoms with Crippen LogP contribution in [0.4, 0.5) is 0 Å². The van der Waals surface area contributed by atoms with Gasteiger partial charge in [0.25, 0.3) is 0 Å². The lowest BCUT2D eigenvalue weighted by molar-refractivity contribution is -0.106. The smallest absolute Gasteiger partial charge is 0.0254 e. The van der Waals surface area contributed by atoms with Crippen LogP contribution in [0.3, 0.4) is 0 Å². The molecule has 6 aliphatic rings. The zero-order chi connectivity index (χ0) is 15.2. The monoisotopic (exact) mass is 287 g/mol. The van der Waals surface area contributed by atoms with E-state index in [9.17, 15) is 0 Å². The Morgan fingerprint density at radius 3 is 1.33 bits per heavy atom. The van der Waals surface area contributed by atoms with Crippen molar-refractivity contribution < 1.29 is 0 Å². The fourth-order valence-electron chi connectivity index (χ4n) is 8.25. The SMILES string of the molecule is CC1C([BH2-]C2CC3CC(C2C)C3(C)C)CC2CC1C2(C)C. The van der Waals surface area contributed by atoms with Gasteiger partial charge in [-0.25, -0.2) is 0 Å². The van der Waals surface area contributed by atoms with Crippen LogP contribution in [0.1, 0.15) is 67.2 Å². The highest BCUT2D eigenvalue weighted by atomic mass is 14.6. The van der Waals surface area contributed by atoms with Gasteiger partial charge < -0.3 is 0 Å². The van der Waals surface area contributed by atoms with Gasteiger partial charge in [0.2, 0.25) is 0 Å². The molecule has 120 valence electrons. The lowest BCUT2D eigenvalue weighted by Crippen LogP contribution is -2.57. The van der Waals surface area contributed by atoms with Gasteiger partial charge >= 0.3 is 0 Å². The normalized spacial score (nSPS) is 56.3. The van der Waals surface area contributed by atoms with Crippen LogP contribution < -0.4 is 0 Å². The number of hydrogen-bond donors (Lipinski definition) is 0. The van der Waals surface area contributed by atoms with Crippen molar-refractivity contribution in [1.29, 1.82) is 0 Å². The molecule has 0 nitrogen and oxygen atoms in total. The Hall–Kier alpha value is 0.0649. The zero-order valence-corrected chi connectivity index (χ0v) is 15.4. The molecule has 0 radical (unpaired) electrons. The van der Waals surface area contributed by atoms with Crippen LogP contribution in [0.15, 0.2) is 0 Å². The van der Waals surface area contributed by atoms with Gasteiger partial charge in [0.15, 0.2) is 0 Å². The lowest BCUT2D eigenvalue weighted by atomic mass is 9.31. The highest BCUT2D eigenvalue weighted by Crippen LogP contribution is 2.68. The van der Waals surface area contributed by atoms with E-state index in [1.165, 1.54) is 11.6 Å². The van der Waals surface area contributed by atoms with Crippen LogP contribution in [0, 0.1) is 46.3 Å². The molecule has 0 amide bonds. The Kier molecular flexibility index (Phi) is 3.02. The molecular weight excluding hydrogens is 251 g/mol. The second kappa shape index (κ2) is 4.32. The maximum atomic E-state index is 2.62. The van der Waals surface area contributed by atoms with Crippen molar-refractivity contribution in [1.82, 2.24) is 0 Å². The Morgan fingerprint density at radius 2 is 1.05 bits per heavy atom. The lowest BCUT2D eigenvalue weighted by Gasteiger charge is -2.67. The standard InChI is InChI=1S/C20H36B/c1-11-15-7-13(19(15,3)4)9-17(11)21-18-10-14-8-16(12(18)2)20(14,5)6/h11-18H,7-10,21H2,1-6H3/q-1. The Balaban J connectivity index is 1.42. The van der Waals surface area contributed by atoms with Gasteiger partial charge in [0.1, 0.15) is 0 Å². The van der Waals surface area contributed by atoms with Crippen molar-refractivity contribution in [2.75, 3.05) is 0 Å². The molecule has 1 heteroatoms. The average Bonchev–Trinajstić information content (AvgIpc) is 2.41. The van der Waals surface area contributed by atoms with E-state index in [0.717, 1.165) is 35.5 Å². The third-order valence-electron chi connectivity index (χ3n) is 10.3. The molecule has 6 rings (SSSR count). The molecular formula is C20H36B-. The molecule has 0 aromatic rings. The van der Waals surface area contributed by atoms with Crippen molar-refractivity contribution >= 4 is 7.28 Å². The molecule has 6 aliphatic carbocycles. The predicted molar refractivity (Wildman–Crippen MR) is 94.4 cm³/mol. The van der Waals surface area contributed by atoms with Gasteiger partial charge in [-0.3, -0.25) is 0 Å². The molecule has 0 aromatic carbocycles. The van der Waals surface area contributed by atoms with E-state index in [0.29, 0.717) is 10.8 Å². The van der Waals surface area contributed by atoms with Gasteiger partial charge in [0, 0.05) is 0 Å². The number of fused-ring (bicyclic) bond motifs is 4. The minimum absolute atomic E-state index is 0.269. The molecule has 8 atom stereocenters. The largest absolute Gasteiger partial charge is 0.169 e. The van der Waals surface area contributed by atoms with Gasteiger partial charge in [-0.15, -0.1) is 0 Å². The Bertz CT molecular complexity index is 397. The summed E-state index contributed by atoms with van der Waals surface area (Å²) >= 11 is 0. The fraction of sp³-hybridized carbons (Fsp3) is 1.00. The zero-order valence-electron chi connectivity index (χ0n) is 15.4. The Morgan fingerprint density at radius 1 is 0.667 bits per heavy atom. The van der Waals surface area contributed by atoms with Crippen LogP contribution in [0.5, 0.6) is 0 Å². The summed E-state index contributed by atoms with van der Waals surface area (Å²) in [6, 6.07) is 0. The van der Waals surface area contributed by atoms with Crippen molar-refractivity contribution in [3.63, 3.8) is 0 Å². The van der Waals surface area contributed by atoms with Crippen LogP contribution in [0.25, 0.3) is 0 Å². The summed E-state index contributed by atoms with van der Waals surface area (Å²) in [7, 11) is 0.269. The van der Waals surface area contributed by atoms with Gasteiger partial charge in [-0.2, -0.15) is 11.6 Å². The molecule has 21 heavy (non-hydrogen) atoms. The van der Waals surface area contributed by atoms with E-state index in [2.05, 4.69) is 41.5 Å². The first-order chi connectivity index (χ1) is 9.73. The van der Waals surface area contributed by atoms with E-state index in [4.69, 9.17) is 0 Å². The van der Waals surface area contributed by atoms with Crippen LogP contribution in [0.2, 0.25) is 11.6 Å². The molecule has 8 unspecified atom stereocenters. The molecule has 0 saturated heterocycles. The highest BCUT2D eigenvalue weighted by molar-refractivity contribution is 6.40. The summed E-state index contributed by atoms with van der Waals surface area (Å²) in [4.78, 5) is 0. The summed E-state index contributed by atoms with van der Waals surface area (Å²) in [5.41, 5.74) is 1.37. The first-order valence-corrected chi connectivity index (χ1v) is 10.1. The first kappa shape index (κ1) is 14.6. The maximum absolute atomic E-state index is 2.62. The summed E-state index contributed by atoms with van der Waals surface area (Å²) in [5, 5.41) is 0. The summed E-state index contributed by atoms with van der Waals surface area (Å²) in [6.45, 7) is 15.5. The molecule has 6 fully saturated rings. The second-order valence-electron chi connectivity index (χ2n) is 11.2. The molecule has 0 spiro atoms. The molecule has 0 N–H and O–H groups in total. The first-order valence-electron chi connectivity index (χ1n) is 10.1. The highest BCUT2D eigenvalue weighted by Gasteiger charge is 2.57. The molecule has 4 bridgehead atoms. The third kappa shape index (κ3) is 1.81.